The molecule has 2 fully saturated rings. The zero-order valence-corrected chi connectivity index (χ0v) is 17.9. The summed E-state index contributed by atoms with van der Waals surface area (Å²) in [7, 11) is 0. The van der Waals surface area contributed by atoms with Crippen molar-refractivity contribution in [3.8, 4) is 11.3 Å². The topological polar surface area (TPSA) is 63.4 Å². The average molecular weight is 409 g/mol. The summed E-state index contributed by atoms with van der Waals surface area (Å²) in [4.78, 5) is 32.1. The zero-order chi connectivity index (χ0) is 20.9. The molecule has 2 heterocycles. The van der Waals surface area contributed by atoms with E-state index in [1.807, 2.05) is 29.2 Å². The van der Waals surface area contributed by atoms with Crippen molar-refractivity contribution < 1.29 is 14.0 Å². The third kappa shape index (κ3) is 4.82. The molecule has 1 aromatic carbocycles. The first-order valence-corrected chi connectivity index (χ1v) is 11.5. The third-order valence-electron chi connectivity index (χ3n) is 6.63. The highest BCUT2D eigenvalue weighted by atomic mass is 16.4. The minimum absolute atomic E-state index is 0.0377. The van der Waals surface area contributed by atoms with Gasteiger partial charge in [-0.1, -0.05) is 49.1 Å². The molecule has 2 unspecified atom stereocenters. The van der Waals surface area contributed by atoms with Crippen LogP contribution in [0.2, 0.25) is 0 Å². The van der Waals surface area contributed by atoms with Gasteiger partial charge in [0.25, 0.3) is 0 Å². The highest BCUT2D eigenvalue weighted by Gasteiger charge is 2.36. The van der Waals surface area contributed by atoms with Gasteiger partial charge in [0.1, 0.15) is 5.78 Å². The van der Waals surface area contributed by atoms with E-state index in [4.69, 9.17) is 4.42 Å². The van der Waals surface area contributed by atoms with Gasteiger partial charge in [-0.2, -0.15) is 0 Å². The Morgan fingerprint density at radius 2 is 1.90 bits per heavy atom. The van der Waals surface area contributed by atoms with Gasteiger partial charge in [-0.05, 0) is 32.6 Å². The second-order valence-corrected chi connectivity index (χ2v) is 8.81. The normalized spacial score (nSPS) is 22.7. The molecule has 5 heteroatoms. The lowest BCUT2D eigenvalue weighted by Gasteiger charge is -2.37. The van der Waals surface area contributed by atoms with Crippen LogP contribution in [0.4, 0.5) is 0 Å². The predicted octanol–water partition coefficient (Wildman–Crippen LogP) is 5.11. The lowest BCUT2D eigenvalue weighted by atomic mass is 9.80. The maximum absolute atomic E-state index is 13.1. The van der Waals surface area contributed by atoms with Gasteiger partial charge in [-0.15, -0.1) is 0 Å². The smallest absolute Gasteiger partial charge is 0.223 e. The predicted molar refractivity (Wildman–Crippen MR) is 116 cm³/mol. The lowest BCUT2D eigenvalue weighted by Crippen LogP contribution is -2.47. The van der Waals surface area contributed by atoms with E-state index in [1.165, 1.54) is 5.56 Å². The summed E-state index contributed by atoms with van der Waals surface area (Å²) in [6.45, 7) is 2.83. The average Bonchev–Trinajstić information content (AvgIpc) is 3.09. The largest absolute Gasteiger partial charge is 0.441 e. The van der Waals surface area contributed by atoms with E-state index in [9.17, 15) is 9.59 Å². The molecule has 1 saturated carbocycles. The zero-order valence-electron chi connectivity index (χ0n) is 17.9. The van der Waals surface area contributed by atoms with Crippen molar-refractivity contribution in [1.82, 2.24) is 9.88 Å². The molecule has 4 rings (SSSR count). The van der Waals surface area contributed by atoms with Crippen LogP contribution in [-0.4, -0.2) is 34.2 Å². The number of nitrogens with zero attached hydrogens (tertiary/aromatic N) is 2. The maximum atomic E-state index is 13.1. The van der Waals surface area contributed by atoms with Crippen LogP contribution < -0.4 is 0 Å². The first-order chi connectivity index (χ1) is 14.6. The van der Waals surface area contributed by atoms with Crippen molar-refractivity contribution in [3.63, 3.8) is 0 Å². The standard InChI is InChI=1S/C25H32N2O3/c1-18-10-12-19(13-11-18)23-17-26-24(30-23)14-15-25(29)27-16-6-2-3-8-21(27)20-7-4-5-9-22(20)28/h10-13,17,20-21H,2-9,14-16H2,1H3. The fourth-order valence-corrected chi connectivity index (χ4v) is 4.91. The van der Waals surface area contributed by atoms with Crippen molar-refractivity contribution >= 4 is 11.7 Å². The number of Topliss-reactive ketones (excluding diaryl/α,β-unsaturated/α-hetero) is 1. The fraction of sp³-hybridized carbons (Fsp3) is 0.560. The first-order valence-electron chi connectivity index (χ1n) is 11.5. The number of ketones is 1. The van der Waals surface area contributed by atoms with Gasteiger partial charge < -0.3 is 9.32 Å². The Bertz CT molecular complexity index is 871. The van der Waals surface area contributed by atoms with Gasteiger partial charge >= 0.3 is 0 Å². The number of rotatable bonds is 5. The summed E-state index contributed by atoms with van der Waals surface area (Å²) >= 11 is 0. The number of carbonyl (C=O) groups excluding carboxylic acids is 2. The van der Waals surface area contributed by atoms with E-state index in [1.54, 1.807) is 6.20 Å². The number of carbonyl (C=O) groups is 2. The minimum Gasteiger partial charge on any atom is -0.441 e. The SMILES string of the molecule is Cc1ccc(-c2cnc(CCC(=O)N3CCCCCC3C3CCCCC3=O)o2)cc1. The van der Waals surface area contributed by atoms with Crippen molar-refractivity contribution in [2.24, 2.45) is 5.92 Å². The number of aryl methyl sites for hydroxylation is 2. The van der Waals surface area contributed by atoms with Crippen molar-refractivity contribution in [3.05, 3.63) is 41.9 Å². The van der Waals surface area contributed by atoms with Crippen LogP contribution in [0.1, 0.15) is 69.2 Å². The molecule has 0 radical (unpaired) electrons. The second-order valence-electron chi connectivity index (χ2n) is 8.81. The molecule has 2 aliphatic rings. The molecule has 30 heavy (non-hydrogen) atoms. The van der Waals surface area contributed by atoms with E-state index in [2.05, 4.69) is 11.9 Å². The molecule has 2 aromatic rings. The number of amides is 1. The number of likely N-dealkylation sites (tertiary alicyclic amines) is 1. The Hall–Kier alpha value is -2.43. The number of hydrogen-bond donors (Lipinski definition) is 0. The molecule has 0 N–H and O–H groups in total. The summed E-state index contributed by atoms with van der Waals surface area (Å²) in [5, 5.41) is 0. The van der Waals surface area contributed by atoms with Crippen LogP contribution >= 0.6 is 0 Å². The second kappa shape index (κ2) is 9.59. The van der Waals surface area contributed by atoms with E-state index >= 15 is 0 Å². The molecule has 1 saturated heterocycles. The molecule has 0 bridgehead atoms. The Balaban J connectivity index is 1.40. The van der Waals surface area contributed by atoms with E-state index in [0.29, 0.717) is 30.9 Å². The van der Waals surface area contributed by atoms with Crippen LogP contribution in [0.5, 0.6) is 0 Å². The van der Waals surface area contributed by atoms with Crippen LogP contribution in [0.15, 0.2) is 34.9 Å². The molecule has 1 amide bonds. The highest BCUT2D eigenvalue weighted by molar-refractivity contribution is 5.84. The fourth-order valence-electron chi connectivity index (χ4n) is 4.91. The van der Waals surface area contributed by atoms with Gasteiger partial charge in [0, 0.05) is 43.3 Å². The van der Waals surface area contributed by atoms with Gasteiger partial charge in [0.05, 0.1) is 6.20 Å². The van der Waals surface area contributed by atoms with Crippen molar-refractivity contribution in [2.45, 2.75) is 77.2 Å². The molecule has 1 aliphatic heterocycles. The molecule has 1 aliphatic carbocycles. The summed E-state index contributed by atoms with van der Waals surface area (Å²) in [5.41, 5.74) is 2.20. The number of oxazole rings is 1. The molecular formula is C25H32N2O3. The van der Waals surface area contributed by atoms with Crippen molar-refractivity contribution in [1.29, 1.82) is 0 Å². The summed E-state index contributed by atoms with van der Waals surface area (Å²) in [6, 6.07) is 8.22. The Morgan fingerprint density at radius 3 is 2.70 bits per heavy atom. The number of hydrogen-bond acceptors (Lipinski definition) is 4. The molecule has 0 spiro atoms. The van der Waals surface area contributed by atoms with Gasteiger partial charge in [0.15, 0.2) is 11.7 Å². The summed E-state index contributed by atoms with van der Waals surface area (Å²) in [5.74, 6) is 1.87. The Morgan fingerprint density at radius 1 is 1.10 bits per heavy atom. The van der Waals surface area contributed by atoms with Crippen LogP contribution in [0, 0.1) is 12.8 Å². The monoisotopic (exact) mass is 408 g/mol. The molecule has 2 atom stereocenters. The molecule has 5 nitrogen and oxygen atoms in total. The molecular weight excluding hydrogens is 376 g/mol. The minimum atomic E-state index is 0.0377. The maximum Gasteiger partial charge on any atom is 0.223 e. The van der Waals surface area contributed by atoms with Gasteiger partial charge in [-0.25, -0.2) is 4.98 Å². The van der Waals surface area contributed by atoms with Gasteiger partial charge in [0.2, 0.25) is 5.91 Å². The highest BCUT2D eigenvalue weighted by Crippen LogP contribution is 2.32. The Labute approximate surface area is 178 Å². The number of aromatic nitrogens is 1. The Kier molecular flexibility index (Phi) is 6.66. The summed E-state index contributed by atoms with van der Waals surface area (Å²) in [6.07, 6.45) is 10.6. The van der Waals surface area contributed by atoms with Crippen LogP contribution in [0.25, 0.3) is 11.3 Å². The quantitative estimate of drug-likeness (QED) is 0.689. The molecule has 1 aromatic heterocycles. The first kappa shape index (κ1) is 20.8. The van der Waals surface area contributed by atoms with Gasteiger partial charge in [-0.3, -0.25) is 9.59 Å². The van der Waals surface area contributed by atoms with E-state index in [-0.39, 0.29) is 17.9 Å². The molecule has 160 valence electrons. The van der Waals surface area contributed by atoms with E-state index < -0.39 is 0 Å². The lowest BCUT2D eigenvalue weighted by molar-refractivity contribution is -0.137. The van der Waals surface area contributed by atoms with Crippen LogP contribution in [-0.2, 0) is 16.0 Å². The van der Waals surface area contributed by atoms with Crippen molar-refractivity contribution in [2.75, 3.05) is 6.54 Å². The third-order valence-corrected chi connectivity index (χ3v) is 6.63. The summed E-state index contributed by atoms with van der Waals surface area (Å²) < 4.78 is 5.90. The number of benzene rings is 1. The van der Waals surface area contributed by atoms with Crippen LogP contribution in [0.3, 0.4) is 0 Å². The van der Waals surface area contributed by atoms with E-state index in [0.717, 1.165) is 62.8 Å².